The van der Waals surface area contributed by atoms with Crippen LogP contribution in [0.4, 0.5) is 0 Å². The van der Waals surface area contributed by atoms with Crippen molar-refractivity contribution in [3.63, 3.8) is 0 Å². The first-order valence-corrected chi connectivity index (χ1v) is 5.60. The van der Waals surface area contributed by atoms with Crippen LogP contribution in [0.3, 0.4) is 0 Å². The minimum atomic E-state index is -3.62. The molecule has 0 saturated heterocycles. The van der Waals surface area contributed by atoms with Crippen molar-refractivity contribution in [3.05, 3.63) is 0 Å². The van der Waals surface area contributed by atoms with Crippen molar-refractivity contribution in [2.75, 3.05) is 20.6 Å². The summed E-state index contributed by atoms with van der Waals surface area (Å²) in [6, 6.07) is 0. The Hall–Kier alpha value is -0.990. The maximum atomic E-state index is 11.1. The Morgan fingerprint density at radius 1 is 1.27 bits per heavy atom. The molecule has 0 aliphatic rings. The molecule has 88 valence electrons. The zero-order valence-electron chi connectivity index (χ0n) is 8.56. The third-order valence-electron chi connectivity index (χ3n) is 1.55. The van der Waals surface area contributed by atoms with Crippen LogP contribution in [-0.2, 0) is 19.8 Å². The molecule has 0 heterocycles. The molecule has 0 fully saturated rings. The number of rotatable bonds is 7. The Morgan fingerprint density at radius 3 is 2.20 bits per heavy atom. The third-order valence-corrected chi connectivity index (χ3v) is 3.02. The molecule has 0 aromatic heterocycles. The monoisotopic (exact) mass is 238 g/mol. The van der Waals surface area contributed by atoms with E-state index in [1.54, 1.807) is 0 Å². The number of carbonyl (C=O) groups is 2. The number of hydrogen-bond acceptors (Lipinski definition) is 4. The molecule has 8 heteroatoms. The minimum Gasteiger partial charge on any atom is -0.481 e. The zero-order chi connectivity index (χ0) is 12.1. The Labute approximate surface area is 88.3 Å². The van der Waals surface area contributed by atoms with Crippen LogP contribution >= 0.6 is 0 Å². The fourth-order valence-electron chi connectivity index (χ4n) is 0.636. The van der Waals surface area contributed by atoms with E-state index in [0.717, 1.165) is 4.31 Å². The van der Waals surface area contributed by atoms with Crippen LogP contribution in [-0.4, -0.2) is 50.2 Å². The number of hydrogen-bond donors (Lipinski definition) is 2. The predicted octanol–water partition coefficient (Wildman–Crippen LogP) is -1.18. The van der Waals surface area contributed by atoms with Crippen molar-refractivity contribution in [2.24, 2.45) is 0 Å². The summed E-state index contributed by atoms with van der Waals surface area (Å²) < 4.78 is 25.2. The molecule has 2 N–H and O–H groups in total. The summed E-state index contributed by atoms with van der Waals surface area (Å²) in [6.45, 7) is -0.381. The topological polar surface area (TPSA) is 104 Å². The first-order chi connectivity index (χ1) is 6.75. The second kappa shape index (κ2) is 5.79. The summed E-state index contributed by atoms with van der Waals surface area (Å²) in [5, 5.41) is 8.28. The summed E-state index contributed by atoms with van der Waals surface area (Å²) >= 11 is 0. The zero-order valence-corrected chi connectivity index (χ0v) is 9.37. The summed E-state index contributed by atoms with van der Waals surface area (Å²) in [5.41, 5.74) is 0. The van der Waals surface area contributed by atoms with Gasteiger partial charge < -0.3 is 5.11 Å². The average molecular weight is 238 g/mol. The number of nitrogens with one attached hydrogen (secondary N) is 1. The predicted molar refractivity (Wildman–Crippen MR) is 52.5 cm³/mol. The Balaban J connectivity index is 3.97. The number of nitrogens with zero attached hydrogens (tertiary/aromatic N) is 1. The number of carbonyl (C=O) groups excluding carboxylic acids is 1. The molecule has 0 unspecified atom stereocenters. The highest BCUT2D eigenvalue weighted by atomic mass is 32.2. The first kappa shape index (κ1) is 14.0. The molecule has 0 bridgehead atoms. The van der Waals surface area contributed by atoms with Gasteiger partial charge in [-0.15, -0.1) is 0 Å². The van der Waals surface area contributed by atoms with Crippen molar-refractivity contribution in [2.45, 2.75) is 12.8 Å². The summed E-state index contributed by atoms with van der Waals surface area (Å²) in [7, 11) is -0.970. The molecule has 0 aliphatic heterocycles. The van der Waals surface area contributed by atoms with Crippen molar-refractivity contribution >= 4 is 22.0 Å². The maximum Gasteiger partial charge on any atom is 0.303 e. The lowest BCUT2D eigenvalue weighted by molar-refractivity contribution is -0.138. The van der Waals surface area contributed by atoms with Gasteiger partial charge in [0.05, 0.1) is 13.0 Å². The standard InChI is InChI=1S/C7H14N2O5S/c1-9(2)15(13,14)8-5-6(10)3-4-7(11)12/h8H,3-5H2,1-2H3,(H,11,12). The highest BCUT2D eigenvalue weighted by Crippen LogP contribution is 1.92. The molecule has 0 radical (unpaired) electrons. The van der Waals surface area contributed by atoms with Gasteiger partial charge in [0.15, 0.2) is 0 Å². The lowest BCUT2D eigenvalue weighted by Crippen LogP contribution is -2.38. The number of Topliss-reactive ketones (excluding diaryl/α,β-unsaturated/α-hetero) is 1. The number of carboxylic acid groups (broad SMARTS) is 1. The highest BCUT2D eigenvalue weighted by Gasteiger charge is 2.14. The van der Waals surface area contributed by atoms with E-state index in [0.29, 0.717) is 0 Å². The molecule has 0 amide bonds. The van der Waals surface area contributed by atoms with Crippen molar-refractivity contribution < 1.29 is 23.1 Å². The minimum absolute atomic E-state index is 0.175. The average Bonchev–Trinajstić information content (AvgIpc) is 2.11. The van der Waals surface area contributed by atoms with Crippen molar-refractivity contribution in [1.82, 2.24) is 9.03 Å². The number of ketones is 1. The molecule has 0 saturated carbocycles. The molecule has 0 aromatic rings. The van der Waals surface area contributed by atoms with E-state index in [4.69, 9.17) is 5.11 Å². The van der Waals surface area contributed by atoms with Crippen LogP contribution in [0.15, 0.2) is 0 Å². The van der Waals surface area contributed by atoms with E-state index in [-0.39, 0.29) is 19.4 Å². The van der Waals surface area contributed by atoms with E-state index in [1.807, 2.05) is 4.72 Å². The molecule has 0 atom stereocenters. The van der Waals surface area contributed by atoms with Gasteiger partial charge in [0.1, 0.15) is 5.78 Å². The maximum absolute atomic E-state index is 11.1. The molecule has 7 nitrogen and oxygen atoms in total. The SMILES string of the molecule is CN(C)S(=O)(=O)NCC(=O)CCC(=O)O. The van der Waals surface area contributed by atoms with Crippen LogP contribution in [0.25, 0.3) is 0 Å². The van der Waals surface area contributed by atoms with Gasteiger partial charge in [-0.2, -0.15) is 17.4 Å². The van der Waals surface area contributed by atoms with Crippen LogP contribution in [0.2, 0.25) is 0 Å². The van der Waals surface area contributed by atoms with Crippen LogP contribution in [0.5, 0.6) is 0 Å². The van der Waals surface area contributed by atoms with Gasteiger partial charge in [-0.25, -0.2) is 0 Å². The van der Waals surface area contributed by atoms with E-state index in [2.05, 4.69) is 0 Å². The van der Waals surface area contributed by atoms with Gasteiger partial charge in [-0.05, 0) is 0 Å². The largest absolute Gasteiger partial charge is 0.481 e. The van der Waals surface area contributed by atoms with Crippen LogP contribution in [0.1, 0.15) is 12.8 Å². The van der Waals surface area contributed by atoms with Crippen molar-refractivity contribution in [3.8, 4) is 0 Å². The van der Waals surface area contributed by atoms with Crippen molar-refractivity contribution in [1.29, 1.82) is 0 Å². The molecular formula is C7H14N2O5S. The number of carboxylic acids is 1. The fourth-order valence-corrected chi connectivity index (χ4v) is 1.24. The Bertz CT molecular complexity index is 335. The van der Waals surface area contributed by atoms with Gasteiger partial charge in [0.25, 0.3) is 10.2 Å². The quantitative estimate of drug-likeness (QED) is 0.580. The summed E-state index contributed by atoms with van der Waals surface area (Å²) in [4.78, 5) is 21.1. The fraction of sp³-hybridized carbons (Fsp3) is 0.714. The Morgan fingerprint density at radius 2 is 1.80 bits per heavy atom. The first-order valence-electron chi connectivity index (χ1n) is 4.16. The summed E-state index contributed by atoms with van der Waals surface area (Å²) in [6.07, 6.45) is -0.464. The van der Waals surface area contributed by atoms with Gasteiger partial charge in [0, 0.05) is 20.5 Å². The molecular weight excluding hydrogens is 224 g/mol. The molecule has 0 aliphatic carbocycles. The highest BCUT2D eigenvalue weighted by molar-refractivity contribution is 7.87. The molecule has 0 aromatic carbocycles. The molecule has 0 spiro atoms. The van der Waals surface area contributed by atoms with E-state index in [1.165, 1.54) is 14.1 Å². The van der Waals surface area contributed by atoms with Gasteiger partial charge in [-0.1, -0.05) is 0 Å². The smallest absolute Gasteiger partial charge is 0.303 e. The lowest BCUT2D eigenvalue weighted by Gasteiger charge is -2.11. The molecule has 0 rings (SSSR count). The van der Waals surface area contributed by atoms with Crippen LogP contribution in [0, 0.1) is 0 Å². The van der Waals surface area contributed by atoms with E-state index < -0.39 is 22.0 Å². The third kappa shape index (κ3) is 6.15. The van der Waals surface area contributed by atoms with E-state index in [9.17, 15) is 18.0 Å². The van der Waals surface area contributed by atoms with Crippen LogP contribution < -0.4 is 4.72 Å². The normalized spacial score (nSPS) is 11.7. The lowest BCUT2D eigenvalue weighted by atomic mass is 10.2. The van der Waals surface area contributed by atoms with Gasteiger partial charge in [-0.3, -0.25) is 9.59 Å². The van der Waals surface area contributed by atoms with Gasteiger partial charge >= 0.3 is 5.97 Å². The second-order valence-corrected chi connectivity index (χ2v) is 5.01. The van der Waals surface area contributed by atoms with Gasteiger partial charge in [0.2, 0.25) is 0 Å². The number of aliphatic carboxylic acids is 1. The molecule has 15 heavy (non-hydrogen) atoms. The summed E-state index contributed by atoms with van der Waals surface area (Å²) in [5.74, 6) is -1.54. The Kier molecular flexibility index (Phi) is 5.40. The van der Waals surface area contributed by atoms with E-state index >= 15 is 0 Å². The second-order valence-electron chi connectivity index (χ2n) is 3.04.